The van der Waals surface area contributed by atoms with Gasteiger partial charge in [-0.05, 0) is 46.5 Å². The minimum Gasteiger partial charge on any atom is -0.497 e. The lowest BCUT2D eigenvalue weighted by Gasteiger charge is -2.18. The second kappa shape index (κ2) is 7.50. The van der Waals surface area contributed by atoms with Crippen molar-refractivity contribution in [1.82, 2.24) is 5.32 Å². The summed E-state index contributed by atoms with van der Waals surface area (Å²) in [7, 11) is 1.56. The van der Waals surface area contributed by atoms with Crippen LogP contribution in [0.3, 0.4) is 0 Å². The number of benzene rings is 1. The smallest absolute Gasteiger partial charge is 0.252 e. The molecule has 2 N–H and O–H groups in total. The number of carbonyl (C=O) groups is 1. The van der Waals surface area contributed by atoms with E-state index in [0.717, 1.165) is 6.42 Å². The van der Waals surface area contributed by atoms with Crippen LogP contribution < -0.4 is 10.1 Å². The van der Waals surface area contributed by atoms with E-state index >= 15 is 0 Å². The summed E-state index contributed by atoms with van der Waals surface area (Å²) >= 11 is 3.34. The van der Waals surface area contributed by atoms with Gasteiger partial charge in [-0.3, -0.25) is 4.79 Å². The van der Waals surface area contributed by atoms with Crippen LogP contribution in [0.25, 0.3) is 0 Å². The van der Waals surface area contributed by atoms with Crippen molar-refractivity contribution in [3.8, 4) is 5.75 Å². The topological polar surface area (TPSA) is 58.6 Å². The van der Waals surface area contributed by atoms with E-state index in [4.69, 9.17) is 4.74 Å². The third-order valence-corrected chi connectivity index (χ3v) is 3.42. The summed E-state index contributed by atoms with van der Waals surface area (Å²) in [6.45, 7) is 4.04. The van der Waals surface area contributed by atoms with Crippen molar-refractivity contribution in [3.05, 3.63) is 28.2 Å². The molecule has 0 aromatic heterocycles. The SMILES string of the molecule is COc1ccc(Br)c(C(=O)NC(CO)CC(C)C)c1. The van der Waals surface area contributed by atoms with Gasteiger partial charge in [-0.1, -0.05) is 13.8 Å². The van der Waals surface area contributed by atoms with Crippen LogP contribution in [0.15, 0.2) is 22.7 Å². The van der Waals surface area contributed by atoms with E-state index in [2.05, 4.69) is 35.1 Å². The van der Waals surface area contributed by atoms with Crippen molar-refractivity contribution >= 4 is 21.8 Å². The molecule has 5 heteroatoms. The molecule has 19 heavy (non-hydrogen) atoms. The first-order valence-corrected chi connectivity index (χ1v) is 7.02. The van der Waals surface area contributed by atoms with E-state index in [1.165, 1.54) is 0 Å². The van der Waals surface area contributed by atoms with Crippen molar-refractivity contribution in [3.63, 3.8) is 0 Å². The van der Waals surface area contributed by atoms with Gasteiger partial charge in [0.1, 0.15) is 5.75 Å². The molecule has 1 rings (SSSR count). The highest BCUT2D eigenvalue weighted by Gasteiger charge is 2.17. The summed E-state index contributed by atoms with van der Waals surface area (Å²) in [5.41, 5.74) is 0.501. The minimum atomic E-state index is -0.231. The van der Waals surface area contributed by atoms with Crippen LogP contribution in [0.1, 0.15) is 30.6 Å². The van der Waals surface area contributed by atoms with Gasteiger partial charge in [0.05, 0.1) is 25.3 Å². The second-order valence-corrected chi connectivity index (χ2v) is 5.68. The lowest BCUT2D eigenvalue weighted by atomic mass is 10.0. The molecule has 0 saturated carbocycles. The molecule has 1 unspecified atom stereocenters. The molecular formula is C14H20BrNO3. The maximum Gasteiger partial charge on any atom is 0.252 e. The minimum absolute atomic E-state index is 0.0640. The Bertz CT molecular complexity index is 435. The van der Waals surface area contributed by atoms with Crippen LogP contribution in [-0.2, 0) is 0 Å². The van der Waals surface area contributed by atoms with Gasteiger partial charge in [-0.2, -0.15) is 0 Å². The van der Waals surface area contributed by atoms with Crippen molar-refractivity contribution in [1.29, 1.82) is 0 Å². The zero-order valence-corrected chi connectivity index (χ0v) is 13.0. The predicted octanol–water partition coefficient (Wildman–Crippen LogP) is 2.59. The number of aliphatic hydroxyl groups is 1. The van der Waals surface area contributed by atoms with Crippen LogP contribution in [0.2, 0.25) is 0 Å². The molecule has 0 radical (unpaired) electrons. The number of rotatable bonds is 6. The van der Waals surface area contributed by atoms with Crippen molar-refractivity contribution in [2.45, 2.75) is 26.3 Å². The highest BCUT2D eigenvalue weighted by molar-refractivity contribution is 9.10. The molecule has 0 saturated heterocycles. The molecule has 1 aromatic rings. The maximum atomic E-state index is 12.2. The highest BCUT2D eigenvalue weighted by Crippen LogP contribution is 2.22. The van der Waals surface area contributed by atoms with Crippen LogP contribution in [0.4, 0.5) is 0 Å². The Balaban J connectivity index is 2.81. The molecule has 0 aliphatic rings. The normalized spacial score (nSPS) is 12.3. The summed E-state index contributed by atoms with van der Waals surface area (Å²) in [5, 5.41) is 12.1. The molecule has 0 heterocycles. The highest BCUT2D eigenvalue weighted by atomic mass is 79.9. The largest absolute Gasteiger partial charge is 0.497 e. The molecule has 0 spiro atoms. The first kappa shape index (κ1) is 16.0. The summed E-state index contributed by atoms with van der Waals surface area (Å²) in [5.74, 6) is 0.814. The standard InChI is InChI=1S/C14H20BrNO3/c1-9(2)6-10(8-17)16-14(18)12-7-11(19-3)4-5-13(12)15/h4-5,7,9-10,17H,6,8H2,1-3H3,(H,16,18). The van der Waals surface area contributed by atoms with E-state index in [1.807, 2.05) is 0 Å². The van der Waals surface area contributed by atoms with Crippen LogP contribution in [0, 0.1) is 5.92 Å². The van der Waals surface area contributed by atoms with Gasteiger partial charge in [-0.25, -0.2) is 0 Å². The van der Waals surface area contributed by atoms with E-state index in [9.17, 15) is 9.90 Å². The lowest BCUT2D eigenvalue weighted by Crippen LogP contribution is -2.38. The monoisotopic (exact) mass is 329 g/mol. The second-order valence-electron chi connectivity index (χ2n) is 4.83. The number of methoxy groups -OCH3 is 1. The Morgan fingerprint density at radius 2 is 2.16 bits per heavy atom. The Kier molecular flexibility index (Phi) is 6.31. The van der Waals surface area contributed by atoms with Gasteiger partial charge in [0, 0.05) is 4.47 Å². The average molecular weight is 330 g/mol. The number of aliphatic hydroxyl groups excluding tert-OH is 1. The fourth-order valence-corrected chi connectivity index (χ4v) is 2.24. The predicted molar refractivity (Wildman–Crippen MR) is 78.5 cm³/mol. The summed E-state index contributed by atoms with van der Waals surface area (Å²) in [6.07, 6.45) is 0.740. The third-order valence-electron chi connectivity index (χ3n) is 2.73. The number of halogens is 1. The Labute approximate surface area is 122 Å². The molecule has 0 aliphatic carbocycles. The first-order chi connectivity index (χ1) is 8.97. The van der Waals surface area contributed by atoms with E-state index in [1.54, 1.807) is 25.3 Å². The molecule has 1 atom stereocenters. The average Bonchev–Trinajstić information content (AvgIpc) is 2.37. The van der Waals surface area contributed by atoms with E-state index in [0.29, 0.717) is 21.7 Å². The van der Waals surface area contributed by atoms with Crippen LogP contribution in [-0.4, -0.2) is 30.8 Å². The molecule has 0 aliphatic heterocycles. The third kappa shape index (κ3) is 4.84. The summed E-state index contributed by atoms with van der Waals surface area (Å²) < 4.78 is 5.81. The van der Waals surface area contributed by atoms with Gasteiger partial charge >= 0.3 is 0 Å². The zero-order valence-electron chi connectivity index (χ0n) is 11.4. The molecule has 1 aromatic carbocycles. The van der Waals surface area contributed by atoms with E-state index < -0.39 is 0 Å². The van der Waals surface area contributed by atoms with Gasteiger partial charge in [0.2, 0.25) is 0 Å². The summed E-state index contributed by atoms with van der Waals surface area (Å²) in [4.78, 5) is 12.2. The van der Waals surface area contributed by atoms with Crippen molar-refractivity contribution in [2.24, 2.45) is 5.92 Å². The molecule has 106 valence electrons. The van der Waals surface area contributed by atoms with Crippen LogP contribution >= 0.6 is 15.9 Å². The number of amides is 1. The molecular weight excluding hydrogens is 310 g/mol. The first-order valence-electron chi connectivity index (χ1n) is 6.23. The van der Waals surface area contributed by atoms with Crippen LogP contribution in [0.5, 0.6) is 5.75 Å². The molecule has 4 nitrogen and oxygen atoms in total. The number of ether oxygens (including phenoxy) is 1. The Morgan fingerprint density at radius 3 is 2.68 bits per heavy atom. The van der Waals surface area contributed by atoms with Gasteiger partial charge < -0.3 is 15.2 Å². The Hall–Kier alpha value is -1.07. The van der Waals surface area contributed by atoms with Gasteiger partial charge in [0.25, 0.3) is 5.91 Å². The fraction of sp³-hybridized carbons (Fsp3) is 0.500. The van der Waals surface area contributed by atoms with Gasteiger partial charge in [-0.15, -0.1) is 0 Å². The lowest BCUT2D eigenvalue weighted by molar-refractivity contribution is 0.0907. The number of carbonyl (C=O) groups excluding carboxylic acids is 1. The van der Waals surface area contributed by atoms with Crippen molar-refractivity contribution in [2.75, 3.05) is 13.7 Å². The van der Waals surface area contributed by atoms with Crippen molar-refractivity contribution < 1.29 is 14.6 Å². The maximum absolute atomic E-state index is 12.2. The summed E-state index contributed by atoms with van der Waals surface area (Å²) in [6, 6.07) is 4.98. The molecule has 0 fully saturated rings. The quantitative estimate of drug-likeness (QED) is 0.843. The van der Waals surface area contributed by atoms with Gasteiger partial charge in [0.15, 0.2) is 0 Å². The zero-order chi connectivity index (χ0) is 14.4. The number of nitrogens with one attached hydrogen (secondary N) is 1. The number of hydrogen-bond acceptors (Lipinski definition) is 3. The Morgan fingerprint density at radius 1 is 1.47 bits per heavy atom. The molecule has 1 amide bonds. The molecule has 0 bridgehead atoms. The van der Waals surface area contributed by atoms with E-state index in [-0.39, 0.29) is 18.6 Å². The fourth-order valence-electron chi connectivity index (χ4n) is 1.82. The number of hydrogen-bond donors (Lipinski definition) is 2.